The van der Waals surface area contributed by atoms with Gasteiger partial charge >= 0.3 is 0 Å². The molecule has 3 heterocycles. The van der Waals surface area contributed by atoms with Gasteiger partial charge in [0, 0.05) is 24.5 Å². The first-order valence-electron chi connectivity index (χ1n) is 7.20. The Morgan fingerprint density at radius 1 is 1.14 bits per heavy atom. The third-order valence-electron chi connectivity index (χ3n) is 3.28. The summed E-state index contributed by atoms with van der Waals surface area (Å²) in [6.07, 6.45) is 6.34. The highest BCUT2D eigenvalue weighted by Crippen LogP contribution is 2.20. The number of hydrogen-bond acceptors (Lipinski definition) is 5. The highest BCUT2D eigenvalue weighted by Gasteiger charge is 2.08. The topological polar surface area (TPSA) is 68.0 Å². The van der Waals surface area contributed by atoms with Crippen LogP contribution in [0.1, 0.15) is 20.3 Å². The Bertz CT molecular complexity index is 765. The standard InChI is InChI=1S/C15H17ClN6/c1-10(2)5-6-17-15-19-7-11(8-20-15)12-9-18-14-4-3-13(16)21-22(12)14/h3-4,7-10H,5-6H2,1-2H3,(H,17,19,20). The molecule has 0 spiro atoms. The van der Waals surface area contributed by atoms with Gasteiger partial charge in [-0.05, 0) is 24.5 Å². The number of halogens is 1. The van der Waals surface area contributed by atoms with E-state index < -0.39 is 0 Å². The summed E-state index contributed by atoms with van der Waals surface area (Å²) in [4.78, 5) is 13.0. The first kappa shape index (κ1) is 14.7. The molecule has 3 rings (SSSR count). The summed E-state index contributed by atoms with van der Waals surface area (Å²) in [7, 11) is 0. The van der Waals surface area contributed by atoms with Crippen LogP contribution in [0.2, 0.25) is 5.15 Å². The van der Waals surface area contributed by atoms with Crippen molar-refractivity contribution in [1.29, 1.82) is 0 Å². The average Bonchev–Trinajstić information content (AvgIpc) is 2.90. The zero-order valence-electron chi connectivity index (χ0n) is 12.5. The Balaban J connectivity index is 1.81. The van der Waals surface area contributed by atoms with Crippen molar-refractivity contribution in [3.05, 3.63) is 35.9 Å². The molecule has 3 aromatic rings. The van der Waals surface area contributed by atoms with Gasteiger partial charge in [0.25, 0.3) is 0 Å². The van der Waals surface area contributed by atoms with Crippen LogP contribution in [0.15, 0.2) is 30.7 Å². The van der Waals surface area contributed by atoms with Gasteiger partial charge < -0.3 is 5.32 Å². The largest absolute Gasteiger partial charge is 0.354 e. The molecule has 7 heteroatoms. The van der Waals surface area contributed by atoms with Crippen LogP contribution in [-0.4, -0.2) is 31.1 Å². The second-order valence-electron chi connectivity index (χ2n) is 5.47. The van der Waals surface area contributed by atoms with E-state index >= 15 is 0 Å². The first-order valence-corrected chi connectivity index (χ1v) is 7.58. The molecule has 0 bridgehead atoms. The molecule has 0 saturated carbocycles. The van der Waals surface area contributed by atoms with Crippen molar-refractivity contribution in [3.8, 4) is 11.3 Å². The molecule has 0 saturated heterocycles. The van der Waals surface area contributed by atoms with E-state index in [2.05, 4.69) is 39.2 Å². The van der Waals surface area contributed by atoms with Gasteiger partial charge in [-0.3, -0.25) is 0 Å². The number of imidazole rings is 1. The van der Waals surface area contributed by atoms with Crippen LogP contribution in [0, 0.1) is 5.92 Å². The van der Waals surface area contributed by atoms with E-state index in [0.29, 0.717) is 17.0 Å². The van der Waals surface area contributed by atoms with Crippen molar-refractivity contribution in [1.82, 2.24) is 24.6 Å². The summed E-state index contributed by atoms with van der Waals surface area (Å²) in [6.45, 7) is 5.24. The number of fused-ring (bicyclic) bond motifs is 1. The number of hydrogen-bond donors (Lipinski definition) is 1. The highest BCUT2D eigenvalue weighted by atomic mass is 35.5. The Kier molecular flexibility index (Phi) is 4.20. The van der Waals surface area contributed by atoms with Crippen molar-refractivity contribution < 1.29 is 0 Å². The monoisotopic (exact) mass is 316 g/mol. The molecule has 0 aromatic carbocycles. The fourth-order valence-corrected chi connectivity index (χ4v) is 2.21. The van der Waals surface area contributed by atoms with Crippen LogP contribution in [0.3, 0.4) is 0 Å². The van der Waals surface area contributed by atoms with E-state index in [1.54, 1.807) is 29.2 Å². The Morgan fingerprint density at radius 2 is 1.91 bits per heavy atom. The minimum atomic E-state index is 0.416. The fourth-order valence-electron chi connectivity index (χ4n) is 2.07. The molecule has 114 valence electrons. The molecule has 3 aromatic heterocycles. The third-order valence-corrected chi connectivity index (χ3v) is 3.48. The van der Waals surface area contributed by atoms with E-state index in [9.17, 15) is 0 Å². The molecule has 0 unspecified atom stereocenters. The summed E-state index contributed by atoms with van der Waals surface area (Å²) < 4.78 is 1.69. The van der Waals surface area contributed by atoms with Gasteiger partial charge in [0.05, 0.1) is 11.9 Å². The zero-order valence-corrected chi connectivity index (χ0v) is 13.2. The maximum Gasteiger partial charge on any atom is 0.222 e. The molecule has 0 radical (unpaired) electrons. The number of rotatable bonds is 5. The Labute approximate surface area is 133 Å². The molecule has 0 amide bonds. The van der Waals surface area contributed by atoms with Crippen molar-refractivity contribution in [2.75, 3.05) is 11.9 Å². The van der Waals surface area contributed by atoms with Crippen molar-refractivity contribution in [2.45, 2.75) is 20.3 Å². The predicted octanol–water partition coefficient (Wildman–Crippen LogP) is 3.30. The van der Waals surface area contributed by atoms with Crippen LogP contribution in [0.4, 0.5) is 5.95 Å². The summed E-state index contributed by atoms with van der Waals surface area (Å²) in [5.74, 6) is 1.28. The SMILES string of the molecule is CC(C)CCNc1ncc(-c2cnc3ccc(Cl)nn23)cn1. The second-order valence-corrected chi connectivity index (χ2v) is 5.86. The smallest absolute Gasteiger partial charge is 0.222 e. The molecule has 0 aliphatic heterocycles. The predicted molar refractivity (Wildman–Crippen MR) is 87.0 cm³/mol. The van der Waals surface area contributed by atoms with E-state index in [1.165, 1.54) is 0 Å². The third kappa shape index (κ3) is 3.17. The summed E-state index contributed by atoms with van der Waals surface area (Å²) in [5, 5.41) is 7.88. The molecule has 22 heavy (non-hydrogen) atoms. The number of nitrogens with zero attached hydrogens (tertiary/aromatic N) is 5. The Morgan fingerprint density at radius 3 is 2.64 bits per heavy atom. The molecule has 0 fully saturated rings. The molecular formula is C15H17ClN6. The normalized spacial score (nSPS) is 11.3. The van der Waals surface area contributed by atoms with Gasteiger partial charge in [-0.25, -0.2) is 19.5 Å². The van der Waals surface area contributed by atoms with Gasteiger partial charge in [-0.15, -0.1) is 0 Å². The van der Waals surface area contributed by atoms with Crippen LogP contribution < -0.4 is 5.32 Å². The maximum absolute atomic E-state index is 5.94. The molecule has 0 aliphatic rings. The zero-order chi connectivity index (χ0) is 15.5. The van der Waals surface area contributed by atoms with E-state index in [4.69, 9.17) is 11.6 Å². The van der Waals surface area contributed by atoms with Crippen molar-refractivity contribution >= 4 is 23.2 Å². The highest BCUT2D eigenvalue weighted by molar-refractivity contribution is 6.29. The van der Waals surface area contributed by atoms with Gasteiger partial charge in [-0.2, -0.15) is 5.10 Å². The summed E-state index contributed by atoms with van der Waals surface area (Å²) in [5.41, 5.74) is 2.39. The molecule has 0 atom stereocenters. The number of anilines is 1. The summed E-state index contributed by atoms with van der Waals surface area (Å²) in [6, 6.07) is 3.54. The van der Waals surface area contributed by atoms with Gasteiger partial charge in [0.15, 0.2) is 5.65 Å². The fraction of sp³-hybridized carbons (Fsp3) is 0.333. The van der Waals surface area contributed by atoms with E-state index in [-0.39, 0.29) is 0 Å². The second kappa shape index (κ2) is 6.27. The quantitative estimate of drug-likeness (QED) is 0.782. The lowest BCUT2D eigenvalue weighted by Crippen LogP contribution is -2.07. The lowest BCUT2D eigenvalue weighted by atomic mass is 10.1. The minimum absolute atomic E-state index is 0.416. The summed E-state index contributed by atoms with van der Waals surface area (Å²) >= 11 is 5.94. The maximum atomic E-state index is 5.94. The van der Waals surface area contributed by atoms with Crippen molar-refractivity contribution in [3.63, 3.8) is 0 Å². The molecular weight excluding hydrogens is 300 g/mol. The lowest BCUT2D eigenvalue weighted by molar-refractivity contribution is 0.606. The number of nitrogens with one attached hydrogen (secondary N) is 1. The molecule has 1 N–H and O–H groups in total. The minimum Gasteiger partial charge on any atom is -0.354 e. The van der Waals surface area contributed by atoms with E-state index in [0.717, 1.165) is 29.9 Å². The van der Waals surface area contributed by atoms with Crippen LogP contribution in [0.25, 0.3) is 16.9 Å². The average molecular weight is 317 g/mol. The lowest BCUT2D eigenvalue weighted by Gasteiger charge is -2.07. The van der Waals surface area contributed by atoms with Gasteiger partial charge in [0.2, 0.25) is 5.95 Å². The molecule has 6 nitrogen and oxygen atoms in total. The van der Waals surface area contributed by atoms with Gasteiger partial charge in [0.1, 0.15) is 5.15 Å². The van der Waals surface area contributed by atoms with Gasteiger partial charge in [-0.1, -0.05) is 25.4 Å². The van der Waals surface area contributed by atoms with E-state index in [1.807, 2.05) is 6.07 Å². The van der Waals surface area contributed by atoms with Crippen LogP contribution in [0.5, 0.6) is 0 Å². The van der Waals surface area contributed by atoms with Crippen LogP contribution in [-0.2, 0) is 0 Å². The molecule has 0 aliphatic carbocycles. The number of aromatic nitrogens is 5. The van der Waals surface area contributed by atoms with Crippen LogP contribution >= 0.6 is 11.6 Å². The first-order chi connectivity index (χ1) is 10.6. The Hall–Kier alpha value is -2.21. The van der Waals surface area contributed by atoms with Crippen molar-refractivity contribution in [2.24, 2.45) is 5.92 Å².